The third-order valence-corrected chi connectivity index (χ3v) is 4.94. The van der Waals surface area contributed by atoms with E-state index >= 15 is 0 Å². The van der Waals surface area contributed by atoms with Crippen molar-refractivity contribution < 1.29 is 19.2 Å². The van der Waals surface area contributed by atoms with Crippen LogP contribution in [0, 0.1) is 10.1 Å². The summed E-state index contributed by atoms with van der Waals surface area (Å²) in [6.07, 6.45) is 1.66. The largest absolute Gasteiger partial charge is 0.462 e. The third-order valence-electron chi connectivity index (χ3n) is 4.94. The lowest BCUT2D eigenvalue weighted by atomic mass is 9.89. The molecule has 1 heterocycles. The van der Waals surface area contributed by atoms with Crippen molar-refractivity contribution in [1.82, 2.24) is 4.90 Å². The summed E-state index contributed by atoms with van der Waals surface area (Å²) in [7, 11) is 0. The van der Waals surface area contributed by atoms with Crippen LogP contribution in [0.5, 0.6) is 0 Å². The molecule has 7 heteroatoms. The fraction of sp³-hybridized carbons (Fsp3) is 0.333. The Hall–Kier alpha value is -3.22. The lowest BCUT2D eigenvalue weighted by molar-refractivity contribution is -0.384. The molecule has 146 valence electrons. The van der Waals surface area contributed by atoms with Gasteiger partial charge in [-0.3, -0.25) is 14.9 Å². The van der Waals surface area contributed by atoms with Crippen LogP contribution in [0.4, 0.5) is 5.69 Å². The summed E-state index contributed by atoms with van der Waals surface area (Å²) < 4.78 is 4.92. The first-order chi connectivity index (χ1) is 13.5. The zero-order valence-electron chi connectivity index (χ0n) is 15.7. The Bertz CT molecular complexity index is 874. The molecule has 1 saturated heterocycles. The average Bonchev–Trinajstić information content (AvgIpc) is 2.73. The van der Waals surface area contributed by atoms with E-state index in [1.807, 2.05) is 18.2 Å². The van der Waals surface area contributed by atoms with Gasteiger partial charge >= 0.3 is 5.97 Å². The summed E-state index contributed by atoms with van der Waals surface area (Å²) in [4.78, 5) is 37.2. The van der Waals surface area contributed by atoms with Gasteiger partial charge in [0.05, 0.1) is 17.1 Å². The number of amides is 1. The van der Waals surface area contributed by atoms with Gasteiger partial charge in [-0.05, 0) is 37.3 Å². The molecular weight excluding hydrogens is 360 g/mol. The SMILES string of the molecule is CCOC(=O)c1cc(C(=O)N2CCC(c3ccccc3)CC2)cc([N+](=O)[O-])c1. The number of esters is 1. The Morgan fingerprint density at radius 3 is 2.36 bits per heavy atom. The number of nitro groups is 1. The summed E-state index contributed by atoms with van der Waals surface area (Å²) in [6, 6.07) is 13.9. The lowest BCUT2D eigenvalue weighted by Gasteiger charge is -2.32. The minimum absolute atomic E-state index is 0.0126. The molecule has 0 spiro atoms. The fourth-order valence-electron chi connectivity index (χ4n) is 3.50. The highest BCUT2D eigenvalue weighted by molar-refractivity contribution is 5.99. The van der Waals surface area contributed by atoms with Crippen molar-refractivity contribution in [1.29, 1.82) is 0 Å². The van der Waals surface area contributed by atoms with Gasteiger partial charge in [0.15, 0.2) is 0 Å². The molecule has 0 atom stereocenters. The highest BCUT2D eigenvalue weighted by atomic mass is 16.6. The van der Waals surface area contributed by atoms with Gasteiger partial charge in [-0.2, -0.15) is 0 Å². The first-order valence-corrected chi connectivity index (χ1v) is 9.30. The van der Waals surface area contributed by atoms with E-state index in [4.69, 9.17) is 4.74 Å². The van der Waals surface area contributed by atoms with E-state index in [2.05, 4.69) is 12.1 Å². The molecule has 2 aromatic carbocycles. The van der Waals surface area contributed by atoms with Crippen LogP contribution >= 0.6 is 0 Å². The van der Waals surface area contributed by atoms with E-state index in [0.29, 0.717) is 19.0 Å². The Morgan fingerprint density at radius 2 is 1.75 bits per heavy atom. The molecule has 0 N–H and O–H groups in total. The first kappa shape index (κ1) is 19.5. The molecule has 1 amide bonds. The van der Waals surface area contributed by atoms with E-state index < -0.39 is 10.9 Å². The smallest absolute Gasteiger partial charge is 0.338 e. The van der Waals surface area contributed by atoms with Crippen molar-refractivity contribution in [2.24, 2.45) is 0 Å². The van der Waals surface area contributed by atoms with Crippen molar-refractivity contribution in [2.45, 2.75) is 25.7 Å². The molecule has 1 aliphatic heterocycles. The maximum Gasteiger partial charge on any atom is 0.338 e. The number of carbonyl (C=O) groups excluding carboxylic acids is 2. The number of rotatable bonds is 5. The molecule has 7 nitrogen and oxygen atoms in total. The number of nitro benzene ring substituents is 1. The Morgan fingerprint density at radius 1 is 1.11 bits per heavy atom. The number of piperidine rings is 1. The second kappa shape index (κ2) is 8.65. The highest BCUT2D eigenvalue weighted by Gasteiger charge is 2.26. The van der Waals surface area contributed by atoms with Gasteiger partial charge in [0.1, 0.15) is 0 Å². The molecule has 0 radical (unpaired) electrons. The van der Waals surface area contributed by atoms with Crippen LogP contribution in [-0.4, -0.2) is 41.4 Å². The molecule has 0 bridgehead atoms. The van der Waals surface area contributed by atoms with Gasteiger partial charge in [-0.25, -0.2) is 4.79 Å². The standard InChI is InChI=1S/C21H22N2O5/c1-2-28-21(25)18-12-17(13-19(14-18)23(26)27)20(24)22-10-8-16(9-11-22)15-6-4-3-5-7-15/h3-7,12-14,16H,2,8-11H2,1H3. The molecule has 2 aromatic rings. The molecule has 0 saturated carbocycles. The number of hydrogen-bond donors (Lipinski definition) is 0. The third kappa shape index (κ3) is 4.36. The number of hydrogen-bond acceptors (Lipinski definition) is 5. The van der Waals surface area contributed by atoms with Crippen LogP contribution in [0.3, 0.4) is 0 Å². The van der Waals surface area contributed by atoms with Crippen molar-refractivity contribution in [2.75, 3.05) is 19.7 Å². The molecule has 1 fully saturated rings. The van der Waals surface area contributed by atoms with E-state index in [1.54, 1.807) is 11.8 Å². The van der Waals surface area contributed by atoms with Crippen LogP contribution in [0.2, 0.25) is 0 Å². The quantitative estimate of drug-likeness (QED) is 0.446. The first-order valence-electron chi connectivity index (χ1n) is 9.30. The lowest BCUT2D eigenvalue weighted by Crippen LogP contribution is -2.38. The molecule has 28 heavy (non-hydrogen) atoms. The van der Waals surface area contributed by atoms with Crippen molar-refractivity contribution in [3.05, 3.63) is 75.3 Å². The minimum Gasteiger partial charge on any atom is -0.462 e. The van der Waals surface area contributed by atoms with Crippen LogP contribution < -0.4 is 0 Å². The molecule has 0 aliphatic carbocycles. The Labute approximate surface area is 163 Å². The molecule has 0 unspecified atom stereocenters. The van der Waals surface area contributed by atoms with Crippen LogP contribution in [0.1, 0.15) is 52.0 Å². The average molecular weight is 382 g/mol. The zero-order valence-corrected chi connectivity index (χ0v) is 15.7. The molecule has 1 aliphatic rings. The summed E-state index contributed by atoms with van der Waals surface area (Å²) >= 11 is 0. The number of nitrogens with zero attached hydrogens (tertiary/aromatic N) is 2. The summed E-state index contributed by atoms with van der Waals surface area (Å²) in [5, 5.41) is 11.2. The summed E-state index contributed by atoms with van der Waals surface area (Å²) in [5.41, 5.74) is 1.11. The van der Waals surface area contributed by atoms with Gasteiger partial charge < -0.3 is 9.64 Å². The number of ether oxygens (including phenoxy) is 1. The topological polar surface area (TPSA) is 89.8 Å². The maximum absolute atomic E-state index is 12.9. The fourth-order valence-corrected chi connectivity index (χ4v) is 3.50. The van der Waals surface area contributed by atoms with Gasteiger partial charge in [-0.1, -0.05) is 30.3 Å². The number of benzene rings is 2. The van der Waals surface area contributed by atoms with E-state index in [1.165, 1.54) is 17.7 Å². The summed E-state index contributed by atoms with van der Waals surface area (Å²) in [6.45, 7) is 2.93. The predicted molar refractivity (Wildman–Crippen MR) is 103 cm³/mol. The molecule has 0 aromatic heterocycles. The van der Waals surface area contributed by atoms with Crippen molar-refractivity contribution in [3.63, 3.8) is 0 Å². The van der Waals surface area contributed by atoms with Crippen LogP contribution in [-0.2, 0) is 4.74 Å². The molecular formula is C21H22N2O5. The maximum atomic E-state index is 12.9. The van der Waals surface area contributed by atoms with Gasteiger partial charge in [0.25, 0.3) is 11.6 Å². The number of likely N-dealkylation sites (tertiary alicyclic amines) is 1. The zero-order chi connectivity index (χ0) is 20.1. The second-order valence-corrected chi connectivity index (χ2v) is 6.72. The normalized spacial score (nSPS) is 14.5. The second-order valence-electron chi connectivity index (χ2n) is 6.72. The van der Waals surface area contributed by atoms with Crippen molar-refractivity contribution >= 4 is 17.6 Å². The van der Waals surface area contributed by atoms with E-state index in [-0.39, 0.29) is 29.3 Å². The summed E-state index contributed by atoms with van der Waals surface area (Å²) in [5.74, 6) is -0.589. The van der Waals surface area contributed by atoms with Gasteiger partial charge in [0.2, 0.25) is 0 Å². The molecule has 3 rings (SSSR count). The number of carbonyl (C=O) groups is 2. The predicted octanol–water partition coefficient (Wildman–Crippen LogP) is 3.79. The Kier molecular flexibility index (Phi) is 6.03. The van der Waals surface area contributed by atoms with Crippen molar-refractivity contribution in [3.8, 4) is 0 Å². The Balaban J connectivity index is 1.77. The van der Waals surface area contributed by atoms with Gasteiger partial charge in [-0.15, -0.1) is 0 Å². The van der Waals surface area contributed by atoms with E-state index in [9.17, 15) is 19.7 Å². The monoisotopic (exact) mass is 382 g/mol. The van der Waals surface area contributed by atoms with Crippen LogP contribution in [0.25, 0.3) is 0 Å². The van der Waals surface area contributed by atoms with E-state index in [0.717, 1.165) is 18.9 Å². The number of non-ortho nitro benzene ring substituents is 1. The van der Waals surface area contributed by atoms with Crippen LogP contribution in [0.15, 0.2) is 48.5 Å². The minimum atomic E-state index is -0.678. The van der Waals surface area contributed by atoms with Gasteiger partial charge in [0, 0.05) is 30.8 Å². The highest BCUT2D eigenvalue weighted by Crippen LogP contribution is 2.29.